The first-order valence-electron chi connectivity index (χ1n) is 21.2. The van der Waals surface area contributed by atoms with Gasteiger partial charge < -0.3 is 36.0 Å². The van der Waals surface area contributed by atoms with Gasteiger partial charge in [0.15, 0.2) is 0 Å². The molecule has 0 radical (unpaired) electrons. The van der Waals surface area contributed by atoms with Crippen molar-refractivity contribution in [2.45, 2.75) is 91.8 Å². The van der Waals surface area contributed by atoms with E-state index in [1.54, 1.807) is 85.1 Å². The Morgan fingerprint density at radius 1 is 0.908 bits per heavy atom. The topological polar surface area (TPSA) is 210 Å². The van der Waals surface area contributed by atoms with E-state index in [9.17, 15) is 29.5 Å². The minimum atomic E-state index is -0.998. The molecule has 336 valence electrons. The van der Waals surface area contributed by atoms with Crippen LogP contribution in [-0.2, 0) is 20.9 Å². The lowest BCUT2D eigenvalue weighted by Crippen LogP contribution is -2.74. The van der Waals surface area contributed by atoms with Gasteiger partial charge in [-0.1, -0.05) is 84.0 Å². The summed E-state index contributed by atoms with van der Waals surface area (Å²) in [5.41, 5.74) is 1.91. The molecule has 0 bridgehead atoms. The van der Waals surface area contributed by atoms with Crippen LogP contribution in [0.2, 0.25) is 5.02 Å². The molecular weight excluding hydrogens is 844 g/mol. The SMILES string of the molecule is CC(C)(C)[C@H](NC(=O)CNc1ccc(C#Cc2ccc(C(=O)N[C@H]3C(C)(C)[C@H](Oc4ccc(C#N)c(Cl)c4)C3(C)C)cc2)cn1)C(=O)N1C[C@H](O)C[C@H]1C(=O)NCc1ccc(C#N)cc1. The van der Waals surface area contributed by atoms with Crippen molar-refractivity contribution in [3.8, 4) is 29.7 Å². The molecule has 1 saturated carbocycles. The van der Waals surface area contributed by atoms with Crippen molar-refractivity contribution in [2.75, 3.05) is 18.4 Å². The molecule has 3 atom stereocenters. The fraction of sp³-hybridized carbons (Fsp3) is 0.380. The number of β-amino-alcohol motifs (C(OH)–C–C–N with tert-alkyl or cyclic N) is 1. The first-order valence-corrected chi connectivity index (χ1v) is 21.6. The summed E-state index contributed by atoms with van der Waals surface area (Å²) < 4.78 is 6.34. The Kier molecular flexibility index (Phi) is 14.2. The summed E-state index contributed by atoms with van der Waals surface area (Å²) in [7, 11) is 0. The summed E-state index contributed by atoms with van der Waals surface area (Å²) in [6.45, 7) is 13.6. The summed E-state index contributed by atoms with van der Waals surface area (Å²) in [5.74, 6) is 5.55. The van der Waals surface area contributed by atoms with E-state index in [4.69, 9.17) is 21.6 Å². The van der Waals surface area contributed by atoms with Crippen LogP contribution < -0.4 is 26.0 Å². The Balaban J connectivity index is 0.989. The Morgan fingerprint density at radius 2 is 1.55 bits per heavy atom. The van der Waals surface area contributed by atoms with Crippen molar-refractivity contribution in [3.05, 3.63) is 123 Å². The van der Waals surface area contributed by atoms with Crippen molar-refractivity contribution in [2.24, 2.45) is 16.2 Å². The fourth-order valence-corrected chi connectivity index (χ4v) is 8.95. The largest absolute Gasteiger partial charge is 0.489 e. The lowest BCUT2D eigenvalue weighted by molar-refractivity contribution is -0.164. The van der Waals surface area contributed by atoms with Gasteiger partial charge >= 0.3 is 0 Å². The number of carbonyl (C=O) groups excluding carboxylic acids is 4. The molecule has 0 spiro atoms. The first kappa shape index (κ1) is 47.6. The van der Waals surface area contributed by atoms with Crippen LogP contribution >= 0.6 is 11.6 Å². The van der Waals surface area contributed by atoms with E-state index in [1.807, 2.05) is 48.5 Å². The summed E-state index contributed by atoms with van der Waals surface area (Å²) >= 11 is 6.23. The number of nitrogens with one attached hydrogen (secondary N) is 4. The number of nitriles is 2. The van der Waals surface area contributed by atoms with Crippen LogP contribution in [0.15, 0.2) is 85.1 Å². The molecule has 1 aliphatic carbocycles. The number of amides is 4. The third-order valence-corrected chi connectivity index (χ3v) is 12.3. The molecule has 6 rings (SSSR count). The predicted molar refractivity (Wildman–Crippen MR) is 245 cm³/mol. The molecule has 5 N–H and O–H groups in total. The molecule has 0 unspecified atom stereocenters. The number of aromatic nitrogens is 1. The number of aliphatic hydroxyl groups excluding tert-OH is 1. The maximum absolute atomic E-state index is 13.9. The molecule has 2 fully saturated rings. The molecule has 1 aliphatic heterocycles. The predicted octanol–water partition coefficient (Wildman–Crippen LogP) is 5.71. The molecular formula is C50H53ClN8O6. The number of benzene rings is 3. The van der Waals surface area contributed by atoms with Crippen molar-refractivity contribution < 1.29 is 29.0 Å². The summed E-state index contributed by atoms with van der Waals surface area (Å²) in [4.78, 5) is 59.5. The van der Waals surface area contributed by atoms with Gasteiger partial charge in [-0.25, -0.2) is 4.98 Å². The number of aliphatic hydroxyl groups is 1. The van der Waals surface area contributed by atoms with Gasteiger partial charge in [0.25, 0.3) is 5.91 Å². The van der Waals surface area contributed by atoms with Gasteiger partial charge in [0.1, 0.15) is 35.8 Å². The molecule has 2 heterocycles. The lowest BCUT2D eigenvalue weighted by atomic mass is 9.49. The van der Waals surface area contributed by atoms with Gasteiger partial charge in [0.2, 0.25) is 17.7 Å². The third-order valence-electron chi connectivity index (χ3n) is 12.0. The van der Waals surface area contributed by atoms with Gasteiger partial charge in [-0.05, 0) is 71.6 Å². The van der Waals surface area contributed by atoms with E-state index < -0.39 is 52.2 Å². The molecule has 2 aliphatic rings. The summed E-state index contributed by atoms with van der Waals surface area (Å²) in [6.07, 6.45) is 0.495. The highest BCUT2D eigenvalue weighted by Gasteiger charge is 2.64. The molecule has 65 heavy (non-hydrogen) atoms. The molecule has 3 aromatic carbocycles. The van der Waals surface area contributed by atoms with E-state index in [-0.39, 0.29) is 44.1 Å². The van der Waals surface area contributed by atoms with Crippen molar-refractivity contribution >= 4 is 41.0 Å². The zero-order valence-electron chi connectivity index (χ0n) is 37.5. The smallest absolute Gasteiger partial charge is 0.251 e. The highest BCUT2D eigenvalue weighted by molar-refractivity contribution is 6.31. The number of nitrogens with zero attached hydrogens (tertiary/aromatic N) is 4. The number of pyridine rings is 1. The minimum Gasteiger partial charge on any atom is -0.489 e. The van der Waals surface area contributed by atoms with Crippen LogP contribution in [0.25, 0.3) is 0 Å². The molecule has 4 amide bonds. The van der Waals surface area contributed by atoms with Crippen LogP contribution in [0.3, 0.4) is 0 Å². The molecule has 14 nitrogen and oxygen atoms in total. The number of halogens is 1. The fourth-order valence-electron chi connectivity index (χ4n) is 8.74. The number of likely N-dealkylation sites (tertiary alicyclic amines) is 1. The van der Waals surface area contributed by atoms with Gasteiger partial charge in [-0.15, -0.1) is 0 Å². The van der Waals surface area contributed by atoms with Gasteiger partial charge in [-0.2, -0.15) is 10.5 Å². The van der Waals surface area contributed by atoms with Crippen LogP contribution in [0, 0.1) is 50.7 Å². The summed E-state index contributed by atoms with van der Waals surface area (Å²) in [6, 6.07) is 24.2. The quantitative estimate of drug-likeness (QED) is 0.109. The van der Waals surface area contributed by atoms with E-state index in [1.165, 1.54) is 4.90 Å². The molecule has 4 aromatic rings. The molecule has 15 heteroatoms. The number of rotatable bonds is 12. The van der Waals surface area contributed by atoms with Gasteiger partial charge in [0, 0.05) is 65.3 Å². The first-order chi connectivity index (χ1) is 30.7. The van der Waals surface area contributed by atoms with Crippen LogP contribution in [0.5, 0.6) is 5.75 Å². The van der Waals surface area contributed by atoms with Crippen LogP contribution in [0.4, 0.5) is 5.82 Å². The van der Waals surface area contributed by atoms with Crippen molar-refractivity contribution in [3.63, 3.8) is 0 Å². The Labute approximate surface area is 384 Å². The Bertz CT molecular complexity index is 2570. The average Bonchev–Trinajstić information content (AvgIpc) is 3.68. The van der Waals surface area contributed by atoms with Crippen LogP contribution in [0.1, 0.15) is 93.1 Å². The zero-order chi connectivity index (χ0) is 47.3. The van der Waals surface area contributed by atoms with Crippen LogP contribution in [-0.4, -0.2) is 82.0 Å². The van der Waals surface area contributed by atoms with E-state index in [2.05, 4.69) is 50.2 Å². The lowest BCUT2D eigenvalue weighted by Gasteiger charge is -2.63. The normalized spacial score (nSPS) is 19.7. The van der Waals surface area contributed by atoms with Gasteiger partial charge in [0.05, 0.1) is 34.9 Å². The monoisotopic (exact) mass is 896 g/mol. The number of hydrogen-bond acceptors (Lipinski definition) is 10. The maximum Gasteiger partial charge on any atom is 0.251 e. The highest BCUT2D eigenvalue weighted by atomic mass is 35.5. The van der Waals surface area contributed by atoms with Gasteiger partial charge in [-0.3, -0.25) is 19.2 Å². The Hall–Kier alpha value is -6.92. The second-order valence-corrected chi connectivity index (χ2v) is 19.1. The van der Waals surface area contributed by atoms with Crippen molar-refractivity contribution in [1.82, 2.24) is 25.8 Å². The number of hydrogen-bond donors (Lipinski definition) is 5. The van der Waals surface area contributed by atoms with E-state index in [0.29, 0.717) is 44.4 Å². The Morgan fingerprint density at radius 3 is 2.15 bits per heavy atom. The summed E-state index contributed by atoms with van der Waals surface area (Å²) in [5, 5.41) is 40.9. The van der Waals surface area contributed by atoms with E-state index in [0.717, 1.165) is 5.56 Å². The van der Waals surface area contributed by atoms with Crippen molar-refractivity contribution in [1.29, 1.82) is 10.5 Å². The zero-order valence-corrected chi connectivity index (χ0v) is 38.2. The van der Waals surface area contributed by atoms with E-state index >= 15 is 0 Å². The minimum absolute atomic E-state index is 0.0496. The second-order valence-electron chi connectivity index (χ2n) is 18.7. The highest BCUT2D eigenvalue weighted by Crippen LogP contribution is 2.55. The molecule has 1 saturated heterocycles. The average molecular weight is 897 g/mol. The molecule has 1 aromatic heterocycles. The standard InChI is InChI=1S/C50H53ClN8O6/c1-48(2,3)42(45(64)59-29-36(60)22-39(59)44(63)56-27-32-12-9-31(24-52)10-13-32)57-41(61)28-55-40-21-16-33(26-54-40)11-8-30-14-17-34(18-15-30)43(62)58-46-49(4,5)47(50(46,6)7)65-37-20-19-35(25-53)38(51)23-37/h9-10,12-21,23,26,36,39,42,46-47,60H,22,27-29H2,1-7H3,(H,54,55)(H,56,63)(H,57,61)(H,58,62)/t36-,39+,42-,46-,47-/m1/s1. The number of anilines is 1. The maximum atomic E-state index is 13.9. The second kappa shape index (κ2) is 19.4. The number of ether oxygens (including phenoxy) is 1. The number of carbonyl (C=O) groups is 4. The third kappa shape index (κ3) is 11.1.